The maximum Gasteiger partial charge on any atom is 0.228 e. The number of aryl methyl sites for hydroxylation is 1. The van der Waals surface area contributed by atoms with Gasteiger partial charge in [0, 0.05) is 19.1 Å². The van der Waals surface area contributed by atoms with Gasteiger partial charge in [-0.2, -0.15) is 0 Å². The van der Waals surface area contributed by atoms with Crippen LogP contribution in [0.25, 0.3) is 0 Å². The van der Waals surface area contributed by atoms with Crippen LogP contribution in [0, 0.1) is 18.8 Å². The van der Waals surface area contributed by atoms with E-state index in [9.17, 15) is 4.79 Å². The zero-order valence-corrected chi connectivity index (χ0v) is 10.5. The number of carbonyl (C=O) groups excluding carboxylic acids is 1. The third-order valence-corrected chi connectivity index (χ3v) is 4.06. The summed E-state index contributed by atoms with van der Waals surface area (Å²) >= 11 is 0. The van der Waals surface area contributed by atoms with E-state index in [4.69, 9.17) is 5.73 Å². The number of rotatable bonds is 3. The van der Waals surface area contributed by atoms with Gasteiger partial charge in [0.05, 0.1) is 6.42 Å². The number of nitrogens with zero attached hydrogens (tertiary/aromatic N) is 3. The normalized spacial score (nSPS) is 27.8. The Morgan fingerprint density at radius 2 is 2.22 bits per heavy atom. The molecule has 0 spiro atoms. The first-order valence-electron chi connectivity index (χ1n) is 6.46. The Hall–Kier alpha value is -1.43. The molecule has 1 saturated heterocycles. The van der Waals surface area contributed by atoms with Crippen molar-refractivity contribution in [2.45, 2.75) is 32.2 Å². The summed E-state index contributed by atoms with van der Waals surface area (Å²) in [5.41, 5.74) is 7.42. The maximum atomic E-state index is 12.2. The van der Waals surface area contributed by atoms with E-state index in [1.54, 1.807) is 6.92 Å². The molecule has 0 bridgehead atoms. The van der Waals surface area contributed by atoms with Crippen LogP contribution in [0.1, 0.15) is 24.2 Å². The predicted octanol–water partition coefficient (Wildman–Crippen LogP) is 0.116. The molecule has 0 unspecified atom stereocenters. The molecule has 1 saturated carbocycles. The quantitative estimate of drug-likeness (QED) is 0.823. The minimum atomic E-state index is 0.0763. The molecular formula is C12H18N4O2. The SMILES string of the molecule is Cc1nonc1CC(=O)N1C[C@@H](N)[C@H](C2CC2)C1. The highest BCUT2D eigenvalue weighted by atomic mass is 16.6. The highest BCUT2D eigenvalue weighted by Gasteiger charge is 2.42. The van der Waals surface area contributed by atoms with Gasteiger partial charge >= 0.3 is 0 Å². The predicted molar refractivity (Wildman–Crippen MR) is 63.5 cm³/mol. The first-order chi connectivity index (χ1) is 8.65. The summed E-state index contributed by atoms with van der Waals surface area (Å²) in [5.74, 6) is 1.31. The van der Waals surface area contributed by atoms with Crippen molar-refractivity contribution in [3.63, 3.8) is 0 Å². The Balaban J connectivity index is 1.62. The van der Waals surface area contributed by atoms with Crippen molar-refractivity contribution in [3.05, 3.63) is 11.4 Å². The lowest BCUT2D eigenvalue weighted by Gasteiger charge is -2.15. The molecule has 1 amide bonds. The number of nitrogens with two attached hydrogens (primary N) is 1. The third-order valence-electron chi connectivity index (χ3n) is 4.06. The average Bonchev–Trinajstić information content (AvgIpc) is 3.00. The fourth-order valence-corrected chi connectivity index (χ4v) is 2.75. The molecule has 98 valence electrons. The minimum absolute atomic E-state index is 0.0763. The van der Waals surface area contributed by atoms with Gasteiger partial charge in [-0.1, -0.05) is 10.3 Å². The van der Waals surface area contributed by atoms with Gasteiger partial charge in [0.2, 0.25) is 5.91 Å². The van der Waals surface area contributed by atoms with Gasteiger partial charge in [-0.3, -0.25) is 4.79 Å². The van der Waals surface area contributed by atoms with Gasteiger partial charge in [0.1, 0.15) is 11.4 Å². The molecule has 2 atom stereocenters. The Kier molecular flexibility index (Phi) is 2.81. The Bertz CT molecular complexity index is 455. The van der Waals surface area contributed by atoms with Crippen LogP contribution in [0.4, 0.5) is 0 Å². The fourth-order valence-electron chi connectivity index (χ4n) is 2.75. The fraction of sp³-hybridized carbons (Fsp3) is 0.750. The Labute approximate surface area is 105 Å². The van der Waals surface area contributed by atoms with Gasteiger partial charge in [-0.05, 0) is 31.6 Å². The first kappa shape index (κ1) is 11.6. The van der Waals surface area contributed by atoms with Crippen molar-refractivity contribution < 1.29 is 9.42 Å². The van der Waals surface area contributed by atoms with E-state index in [0.29, 0.717) is 23.9 Å². The second-order valence-electron chi connectivity index (χ2n) is 5.44. The van der Waals surface area contributed by atoms with Crippen LogP contribution in [0.2, 0.25) is 0 Å². The summed E-state index contributed by atoms with van der Waals surface area (Å²) in [5, 5.41) is 7.43. The zero-order chi connectivity index (χ0) is 12.7. The summed E-state index contributed by atoms with van der Waals surface area (Å²) < 4.78 is 4.60. The molecule has 3 rings (SSSR count). The van der Waals surface area contributed by atoms with E-state index in [-0.39, 0.29) is 18.4 Å². The van der Waals surface area contributed by atoms with Crippen LogP contribution in [0.3, 0.4) is 0 Å². The summed E-state index contributed by atoms with van der Waals surface area (Å²) in [6.07, 6.45) is 2.80. The molecule has 1 aromatic rings. The average molecular weight is 250 g/mol. The lowest BCUT2D eigenvalue weighted by atomic mass is 9.99. The van der Waals surface area contributed by atoms with Crippen molar-refractivity contribution in [1.29, 1.82) is 0 Å². The summed E-state index contributed by atoms with van der Waals surface area (Å²) in [4.78, 5) is 14.0. The molecule has 18 heavy (non-hydrogen) atoms. The maximum absolute atomic E-state index is 12.2. The van der Waals surface area contributed by atoms with Gasteiger partial charge in [-0.25, -0.2) is 4.63 Å². The van der Waals surface area contributed by atoms with E-state index in [1.165, 1.54) is 12.8 Å². The molecule has 2 N–H and O–H groups in total. The van der Waals surface area contributed by atoms with Crippen LogP contribution in [0.15, 0.2) is 4.63 Å². The summed E-state index contributed by atoms with van der Waals surface area (Å²) in [7, 11) is 0. The highest BCUT2D eigenvalue weighted by Crippen LogP contribution is 2.40. The van der Waals surface area contributed by atoms with E-state index in [2.05, 4.69) is 14.9 Å². The van der Waals surface area contributed by atoms with E-state index in [0.717, 1.165) is 12.5 Å². The van der Waals surface area contributed by atoms with Gasteiger partial charge in [-0.15, -0.1) is 0 Å². The second kappa shape index (κ2) is 4.35. The standard InChI is InChI=1S/C12H18N4O2/c1-7-11(15-18-14-7)4-12(17)16-5-9(8-2-3-8)10(13)6-16/h8-10H,2-6,13H2,1H3/t9-,10+/m0/s1. The van der Waals surface area contributed by atoms with Crippen LogP contribution >= 0.6 is 0 Å². The molecule has 0 aromatic carbocycles. The smallest absolute Gasteiger partial charge is 0.228 e. The highest BCUT2D eigenvalue weighted by molar-refractivity contribution is 5.78. The number of aromatic nitrogens is 2. The Morgan fingerprint density at radius 1 is 1.44 bits per heavy atom. The van der Waals surface area contributed by atoms with Crippen molar-refractivity contribution in [3.8, 4) is 0 Å². The van der Waals surface area contributed by atoms with Crippen molar-refractivity contribution in [2.24, 2.45) is 17.6 Å². The number of carbonyl (C=O) groups is 1. The molecule has 2 fully saturated rings. The van der Waals surface area contributed by atoms with Crippen molar-refractivity contribution in [1.82, 2.24) is 15.2 Å². The number of likely N-dealkylation sites (tertiary alicyclic amines) is 1. The van der Waals surface area contributed by atoms with E-state index in [1.807, 2.05) is 4.90 Å². The molecule has 0 radical (unpaired) electrons. The molecule has 6 heteroatoms. The lowest BCUT2D eigenvalue weighted by Crippen LogP contribution is -2.33. The van der Waals surface area contributed by atoms with Gasteiger partial charge in [0.25, 0.3) is 0 Å². The van der Waals surface area contributed by atoms with Crippen LogP contribution in [0.5, 0.6) is 0 Å². The van der Waals surface area contributed by atoms with Crippen molar-refractivity contribution in [2.75, 3.05) is 13.1 Å². The molecule has 1 aromatic heterocycles. The molecule has 6 nitrogen and oxygen atoms in total. The molecule has 2 aliphatic rings. The summed E-state index contributed by atoms with van der Waals surface area (Å²) in [6, 6.07) is 0.137. The number of amides is 1. The number of hydrogen-bond acceptors (Lipinski definition) is 5. The monoisotopic (exact) mass is 250 g/mol. The third kappa shape index (κ3) is 2.12. The van der Waals surface area contributed by atoms with Crippen LogP contribution < -0.4 is 5.73 Å². The number of hydrogen-bond donors (Lipinski definition) is 1. The zero-order valence-electron chi connectivity index (χ0n) is 10.5. The molecule has 1 aliphatic heterocycles. The molecule has 2 heterocycles. The topological polar surface area (TPSA) is 85.2 Å². The Morgan fingerprint density at radius 3 is 2.83 bits per heavy atom. The summed E-state index contributed by atoms with van der Waals surface area (Å²) in [6.45, 7) is 3.27. The molecule has 1 aliphatic carbocycles. The van der Waals surface area contributed by atoms with E-state index >= 15 is 0 Å². The minimum Gasteiger partial charge on any atom is -0.340 e. The first-order valence-corrected chi connectivity index (χ1v) is 6.46. The van der Waals surface area contributed by atoms with Crippen LogP contribution in [-0.4, -0.2) is 40.3 Å². The van der Waals surface area contributed by atoms with Crippen molar-refractivity contribution >= 4 is 5.91 Å². The van der Waals surface area contributed by atoms with Gasteiger partial charge < -0.3 is 10.6 Å². The van der Waals surface area contributed by atoms with Crippen LogP contribution in [-0.2, 0) is 11.2 Å². The largest absolute Gasteiger partial charge is 0.340 e. The molecular weight excluding hydrogens is 232 g/mol. The van der Waals surface area contributed by atoms with E-state index < -0.39 is 0 Å². The lowest BCUT2D eigenvalue weighted by molar-refractivity contribution is -0.129. The second-order valence-corrected chi connectivity index (χ2v) is 5.44. The van der Waals surface area contributed by atoms with Gasteiger partial charge in [0.15, 0.2) is 0 Å².